The Kier molecular flexibility index (Phi) is 5.66. The van der Waals surface area contributed by atoms with E-state index in [0.717, 1.165) is 10.9 Å². The largest absolute Gasteiger partial charge is 0.458 e. The lowest BCUT2D eigenvalue weighted by Crippen LogP contribution is -2.44. The highest BCUT2D eigenvalue weighted by atomic mass is 16.6. The number of aliphatic hydroxyl groups is 2. The molecule has 0 saturated heterocycles. The first kappa shape index (κ1) is 23.2. The molecular weight excluding hydrogens is 454 g/mol. The smallest absolute Gasteiger partial charge is 0.343 e. The topological polar surface area (TPSA) is 140 Å². The van der Waals surface area contributed by atoms with Gasteiger partial charge in [-0.15, -0.1) is 0 Å². The van der Waals surface area contributed by atoms with Gasteiger partial charge in [-0.2, -0.15) is 0 Å². The highest BCUT2D eigenvalue weighted by Crippen LogP contribution is 2.39. The molecule has 182 valence electrons. The molecule has 1 aromatic carbocycles. The van der Waals surface area contributed by atoms with Gasteiger partial charge in [0.25, 0.3) is 5.56 Å². The van der Waals surface area contributed by atoms with Crippen LogP contribution in [0.3, 0.4) is 0 Å². The second-order valence-electron chi connectivity index (χ2n) is 8.70. The van der Waals surface area contributed by atoms with Gasteiger partial charge < -0.3 is 29.6 Å². The number of nitrogens with zero attached hydrogens (tertiary/aromatic N) is 2. The fraction of sp³-hybridized carbons (Fsp3) is 0.360. The third-order valence-electron chi connectivity index (χ3n) is 6.60. The number of hydrogen-bond donors (Lipinski definition) is 3. The molecule has 2 aliphatic heterocycles. The number of benzene rings is 1. The normalized spacial score (nSPS) is 18.1. The predicted molar refractivity (Wildman–Crippen MR) is 125 cm³/mol. The molecule has 0 amide bonds. The molecule has 10 nitrogen and oxygen atoms in total. The van der Waals surface area contributed by atoms with E-state index >= 15 is 0 Å². The van der Waals surface area contributed by atoms with Crippen LogP contribution >= 0.6 is 0 Å². The van der Waals surface area contributed by atoms with Crippen LogP contribution in [0.5, 0.6) is 5.75 Å². The first-order valence-electron chi connectivity index (χ1n) is 11.4. The Balaban J connectivity index is 1.68. The molecule has 4 heterocycles. The first-order valence-corrected chi connectivity index (χ1v) is 11.4. The second-order valence-corrected chi connectivity index (χ2v) is 8.70. The lowest BCUT2D eigenvalue weighted by Gasteiger charge is -2.31. The number of nitrogens with one attached hydrogen (secondary N) is 1. The summed E-state index contributed by atoms with van der Waals surface area (Å²) in [7, 11) is 0. The van der Waals surface area contributed by atoms with E-state index in [4.69, 9.17) is 19.6 Å². The minimum atomic E-state index is -1.88. The number of carbonyl (C=O) groups excluding carboxylic acids is 2. The van der Waals surface area contributed by atoms with Crippen LogP contribution in [0.1, 0.15) is 42.5 Å². The van der Waals surface area contributed by atoms with E-state index in [1.165, 1.54) is 6.92 Å². The molecule has 5 rings (SSSR count). The van der Waals surface area contributed by atoms with Crippen LogP contribution in [0.4, 0.5) is 0 Å². The van der Waals surface area contributed by atoms with Crippen molar-refractivity contribution in [2.45, 2.75) is 45.6 Å². The van der Waals surface area contributed by atoms with Crippen LogP contribution in [0.2, 0.25) is 0 Å². The molecule has 0 unspecified atom stereocenters. The van der Waals surface area contributed by atoms with Gasteiger partial charge in [0, 0.05) is 42.1 Å². The van der Waals surface area contributed by atoms with Crippen molar-refractivity contribution < 1.29 is 29.3 Å². The third-order valence-corrected chi connectivity index (χ3v) is 6.60. The number of esters is 2. The molecule has 0 bridgehead atoms. The van der Waals surface area contributed by atoms with Gasteiger partial charge in [0.05, 0.1) is 35.6 Å². The Morgan fingerprint density at radius 1 is 1.31 bits per heavy atom. The molecule has 0 spiro atoms. The molecule has 2 aliphatic rings. The van der Waals surface area contributed by atoms with Crippen molar-refractivity contribution in [3.8, 4) is 17.1 Å². The number of hydrogen-bond acceptors (Lipinski definition) is 9. The van der Waals surface area contributed by atoms with Crippen LogP contribution in [0.25, 0.3) is 22.3 Å². The number of carbonyl (C=O) groups is 2. The number of aliphatic hydroxyl groups excluding tert-OH is 1. The van der Waals surface area contributed by atoms with Crippen LogP contribution < -0.4 is 15.6 Å². The molecule has 1 atom stereocenters. The summed E-state index contributed by atoms with van der Waals surface area (Å²) in [6.45, 7) is 3.72. The van der Waals surface area contributed by atoms with Crippen molar-refractivity contribution in [3.05, 3.63) is 56.9 Å². The van der Waals surface area contributed by atoms with Gasteiger partial charge >= 0.3 is 11.9 Å². The zero-order chi connectivity index (χ0) is 24.9. The minimum Gasteiger partial charge on any atom is -0.458 e. The zero-order valence-electron chi connectivity index (χ0n) is 19.4. The van der Waals surface area contributed by atoms with E-state index in [2.05, 4.69) is 5.32 Å². The number of aromatic nitrogens is 2. The number of fused-ring (bicyclic) bond motifs is 5. The average Bonchev–Trinajstić information content (AvgIpc) is 3.19. The maximum Gasteiger partial charge on any atom is 0.343 e. The van der Waals surface area contributed by atoms with Crippen molar-refractivity contribution in [1.29, 1.82) is 0 Å². The van der Waals surface area contributed by atoms with Gasteiger partial charge in [-0.3, -0.25) is 9.59 Å². The van der Waals surface area contributed by atoms with E-state index < -0.39 is 17.5 Å². The summed E-state index contributed by atoms with van der Waals surface area (Å²) in [6, 6.07) is 6.99. The Morgan fingerprint density at radius 2 is 2.11 bits per heavy atom. The SMILES string of the molecule is CC[C@@]1(O)C(=O)OCc2c1cc1n(c2=O)Cc2cc3c(CNCCO)c(OC(C)=O)ccc3nc2-1. The molecule has 2 aromatic heterocycles. The van der Waals surface area contributed by atoms with Gasteiger partial charge in [-0.25, -0.2) is 9.78 Å². The lowest BCUT2D eigenvalue weighted by molar-refractivity contribution is -0.172. The molecule has 0 radical (unpaired) electrons. The summed E-state index contributed by atoms with van der Waals surface area (Å²) in [5, 5.41) is 24.0. The standard InChI is InChI=1S/C25H25N3O7/c1-3-25(33)18-9-20-22-14(11-28(20)23(31)17(18)12-34-24(25)32)8-15-16(10-26-6-7-29)21(35-13(2)30)5-4-19(15)27-22/h4-5,8-9,26,29,33H,3,6-7,10-12H2,1-2H3/t25-/m0/s1. The van der Waals surface area contributed by atoms with E-state index in [1.54, 1.807) is 29.7 Å². The van der Waals surface area contributed by atoms with Crippen molar-refractivity contribution in [2.75, 3.05) is 13.2 Å². The molecule has 35 heavy (non-hydrogen) atoms. The van der Waals surface area contributed by atoms with Gasteiger partial charge in [-0.1, -0.05) is 6.92 Å². The number of ether oxygens (including phenoxy) is 2. The first-order chi connectivity index (χ1) is 16.8. The zero-order valence-corrected chi connectivity index (χ0v) is 19.4. The summed E-state index contributed by atoms with van der Waals surface area (Å²) in [6.07, 6.45) is 0.0723. The summed E-state index contributed by atoms with van der Waals surface area (Å²) in [4.78, 5) is 42.1. The van der Waals surface area contributed by atoms with Crippen LogP contribution in [-0.2, 0) is 39.6 Å². The number of rotatable bonds is 6. The van der Waals surface area contributed by atoms with E-state index in [9.17, 15) is 19.5 Å². The Bertz CT molecular complexity index is 1450. The van der Waals surface area contributed by atoms with Crippen LogP contribution in [0.15, 0.2) is 29.1 Å². The summed E-state index contributed by atoms with van der Waals surface area (Å²) in [5.74, 6) is -0.824. The fourth-order valence-corrected chi connectivity index (χ4v) is 4.82. The van der Waals surface area contributed by atoms with E-state index in [0.29, 0.717) is 41.3 Å². The fourth-order valence-electron chi connectivity index (χ4n) is 4.82. The predicted octanol–water partition coefficient (Wildman–Crippen LogP) is 1.09. The average molecular weight is 479 g/mol. The van der Waals surface area contributed by atoms with Crippen molar-refractivity contribution >= 4 is 22.8 Å². The van der Waals surface area contributed by atoms with Gasteiger partial charge in [0.15, 0.2) is 5.60 Å². The monoisotopic (exact) mass is 479 g/mol. The molecule has 0 fully saturated rings. The highest BCUT2D eigenvalue weighted by molar-refractivity contribution is 5.90. The molecular formula is C25H25N3O7. The van der Waals surface area contributed by atoms with Gasteiger partial charge in [-0.05, 0) is 30.7 Å². The molecule has 0 aliphatic carbocycles. The molecule has 10 heteroatoms. The molecule has 0 saturated carbocycles. The highest BCUT2D eigenvalue weighted by Gasteiger charge is 2.45. The quantitative estimate of drug-likeness (QED) is 0.211. The molecule has 3 aromatic rings. The Hall–Kier alpha value is -3.60. The Labute approximate surface area is 200 Å². The lowest BCUT2D eigenvalue weighted by atomic mass is 9.86. The van der Waals surface area contributed by atoms with E-state index in [1.807, 2.05) is 6.07 Å². The second kappa shape index (κ2) is 8.56. The maximum atomic E-state index is 13.3. The summed E-state index contributed by atoms with van der Waals surface area (Å²) >= 11 is 0. The minimum absolute atomic E-state index is 0.0411. The number of cyclic esters (lactones) is 1. The maximum absolute atomic E-state index is 13.3. The van der Waals surface area contributed by atoms with Crippen molar-refractivity contribution in [1.82, 2.24) is 14.9 Å². The van der Waals surface area contributed by atoms with Crippen LogP contribution in [0, 0.1) is 0 Å². The van der Waals surface area contributed by atoms with Crippen molar-refractivity contribution in [2.24, 2.45) is 0 Å². The summed E-state index contributed by atoms with van der Waals surface area (Å²) < 4.78 is 12.1. The van der Waals surface area contributed by atoms with Gasteiger partial charge in [0.2, 0.25) is 0 Å². The Morgan fingerprint density at radius 3 is 2.83 bits per heavy atom. The van der Waals surface area contributed by atoms with E-state index in [-0.39, 0.29) is 42.9 Å². The molecule has 3 N–H and O–H groups in total. The van der Waals surface area contributed by atoms with Crippen LogP contribution in [-0.4, -0.2) is 44.9 Å². The third kappa shape index (κ3) is 3.61. The van der Waals surface area contributed by atoms with Gasteiger partial charge in [0.1, 0.15) is 12.4 Å². The van der Waals surface area contributed by atoms with Crippen molar-refractivity contribution in [3.63, 3.8) is 0 Å². The summed E-state index contributed by atoms with van der Waals surface area (Å²) in [5.41, 5.74) is 1.56. The number of pyridine rings is 2.